The Balaban J connectivity index is 1.36. The van der Waals surface area contributed by atoms with Crippen LogP contribution in [-0.4, -0.2) is 22.8 Å². The fourth-order valence-electron chi connectivity index (χ4n) is 5.95. The summed E-state index contributed by atoms with van der Waals surface area (Å²) < 4.78 is 8.19. The summed E-state index contributed by atoms with van der Waals surface area (Å²) in [5.41, 5.74) is 8.18. The molecule has 2 heterocycles. The molecule has 0 amide bonds. The molecule has 7 rings (SSSR count). The zero-order valence-electron chi connectivity index (χ0n) is 22.8. The molecule has 0 fully saturated rings. The highest BCUT2D eigenvalue weighted by atomic mass is 32.1. The van der Waals surface area contributed by atoms with Crippen molar-refractivity contribution in [2.75, 3.05) is 7.11 Å². The second kappa shape index (κ2) is 10.4. The molecule has 1 N–H and O–H groups in total. The van der Waals surface area contributed by atoms with E-state index < -0.39 is 5.97 Å². The SMILES string of the molecule is COc1ccccc1C1C2=C(N=c3s/c(=C\c4ccc(-c5cccc(C(=O)O)c5)cc4)c(=O)n31)c1ccccc1CC2. The van der Waals surface area contributed by atoms with Gasteiger partial charge in [0.2, 0.25) is 0 Å². The molecule has 0 spiro atoms. The van der Waals surface area contributed by atoms with Gasteiger partial charge in [0.05, 0.1) is 28.9 Å². The maximum Gasteiger partial charge on any atom is 0.335 e. The van der Waals surface area contributed by atoms with Crippen molar-refractivity contribution < 1.29 is 14.6 Å². The van der Waals surface area contributed by atoms with Crippen LogP contribution in [0.2, 0.25) is 0 Å². The van der Waals surface area contributed by atoms with E-state index in [1.54, 1.807) is 25.3 Å². The summed E-state index contributed by atoms with van der Waals surface area (Å²) in [5, 5.41) is 9.34. The number of aromatic carboxylic acids is 1. The van der Waals surface area contributed by atoms with E-state index in [2.05, 4.69) is 18.2 Å². The van der Waals surface area contributed by atoms with Gasteiger partial charge in [-0.3, -0.25) is 9.36 Å². The third-order valence-corrected chi connectivity index (χ3v) is 8.94. The van der Waals surface area contributed by atoms with Crippen molar-refractivity contribution in [2.45, 2.75) is 18.9 Å². The van der Waals surface area contributed by atoms with Crippen LogP contribution in [0.5, 0.6) is 5.75 Å². The largest absolute Gasteiger partial charge is 0.496 e. The van der Waals surface area contributed by atoms with Gasteiger partial charge in [-0.15, -0.1) is 0 Å². The normalized spacial score (nSPS) is 15.8. The Morgan fingerprint density at radius 3 is 2.55 bits per heavy atom. The van der Waals surface area contributed by atoms with E-state index in [-0.39, 0.29) is 17.2 Å². The Morgan fingerprint density at radius 1 is 0.952 bits per heavy atom. The molecule has 206 valence electrons. The number of allylic oxidation sites excluding steroid dienone is 1. The molecule has 1 aliphatic heterocycles. The Hall–Kier alpha value is -5.01. The predicted molar refractivity (Wildman–Crippen MR) is 165 cm³/mol. The van der Waals surface area contributed by atoms with E-state index in [1.807, 2.05) is 71.3 Å². The van der Waals surface area contributed by atoms with Gasteiger partial charge in [-0.25, -0.2) is 9.79 Å². The molecule has 0 bridgehead atoms. The van der Waals surface area contributed by atoms with Crippen molar-refractivity contribution in [3.63, 3.8) is 0 Å². The average Bonchev–Trinajstić information content (AvgIpc) is 3.34. The standard InChI is InChI=1S/C35H26N2O4S/c1-41-29-12-5-4-11-27(29)32-28-18-17-23-7-2-3-10-26(23)31(28)36-35-37(32)33(38)30(42-35)19-21-13-15-22(16-14-21)24-8-6-9-25(20-24)34(39)40/h2-16,19-20,32H,17-18H2,1H3,(H,39,40)/b30-19-. The molecule has 1 unspecified atom stereocenters. The number of methoxy groups -OCH3 is 1. The van der Waals surface area contributed by atoms with Crippen molar-refractivity contribution >= 4 is 29.1 Å². The van der Waals surface area contributed by atoms with E-state index in [9.17, 15) is 14.7 Å². The number of hydrogen-bond donors (Lipinski definition) is 1. The lowest BCUT2D eigenvalue weighted by Crippen LogP contribution is -2.38. The van der Waals surface area contributed by atoms with Gasteiger partial charge in [-0.2, -0.15) is 0 Å². The minimum Gasteiger partial charge on any atom is -0.496 e. The fourth-order valence-corrected chi connectivity index (χ4v) is 6.95. The number of carbonyl (C=O) groups is 1. The summed E-state index contributed by atoms with van der Waals surface area (Å²) in [4.78, 5) is 31.2. The number of thiazole rings is 1. The number of rotatable bonds is 5. The second-order valence-corrected chi connectivity index (χ2v) is 11.4. The minimum absolute atomic E-state index is 0.0849. The van der Waals surface area contributed by atoms with Gasteiger partial charge in [0, 0.05) is 11.1 Å². The van der Waals surface area contributed by atoms with Crippen LogP contribution in [0.25, 0.3) is 22.9 Å². The number of fused-ring (bicyclic) bond motifs is 3. The highest BCUT2D eigenvalue weighted by Crippen LogP contribution is 2.43. The van der Waals surface area contributed by atoms with Crippen LogP contribution in [0.1, 0.15) is 45.1 Å². The number of aromatic nitrogens is 1. The summed E-state index contributed by atoms with van der Waals surface area (Å²) in [6.45, 7) is 0. The fraction of sp³-hybridized carbons (Fsp3) is 0.114. The van der Waals surface area contributed by atoms with Gasteiger partial charge in [0.15, 0.2) is 4.80 Å². The first-order valence-corrected chi connectivity index (χ1v) is 14.5. The quantitative estimate of drug-likeness (QED) is 0.294. The average molecular weight is 571 g/mol. The molecular weight excluding hydrogens is 544 g/mol. The second-order valence-electron chi connectivity index (χ2n) is 10.4. The first kappa shape index (κ1) is 25.9. The lowest BCUT2D eigenvalue weighted by molar-refractivity contribution is 0.0697. The van der Waals surface area contributed by atoms with Crippen LogP contribution in [0, 0.1) is 0 Å². The molecule has 2 aliphatic rings. The maximum atomic E-state index is 14.1. The number of carboxylic acids is 1. The molecule has 0 saturated heterocycles. The molecule has 0 radical (unpaired) electrons. The van der Waals surface area contributed by atoms with E-state index >= 15 is 0 Å². The van der Waals surface area contributed by atoms with Crippen molar-refractivity contribution in [3.05, 3.63) is 150 Å². The highest BCUT2D eigenvalue weighted by Gasteiger charge is 2.33. The molecule has 6 nitrogen and oxygen atoms in total. The van der Waals surface area contributed by atoms with Crippen molar-refractivity contribution in [1.82, 2.24) is 4.57 Å². The summed E-state index contributed by atoms with van der Waals surface area (Å²) in [5.74, 6) is -0.215. The van der Waals surface area contributed by atoms with Crippen molar-refractivity contribution in [1.29, 1.82) is 0 Å². The Morgan fingerprint density at radius 2 is 1.74 bits per heavy atom. The number of ether oxygens (including phenoxy) is 1. The number of benzene rings is 4. The van der Waals surface area contributed by atoms with Crippen LogP contribution in [-0.2, 0) is 6.42 Å². The van der Waals surface area contributed by atoms with Gasteiger partial charge in [-0.1, -0.05) is 90.2 Å². The van der Waals surface area contributed by atoms with E-state index in [0.717, 1.165) is 57.7 Å². The first-order valence-electron chi connectivity index (χ1n) is 13.7. The third kappa shape index (κ3) is 4.39. The van der Waals surface area contributed by atoms with Crippen molar-refractivity contribution in [2.24, 2.45) is 4.99 Å². The number of nitrogens with zero attached hydrogens (tertiary/aromatic N) is 2. The molecule has 42 heavy (non-hydrogen) atoms. The molecule has 4 aromatic carbocycles. The lowest BCUT2D eigenvalue weighted by Gasteiger charge is -2.31. The van der Waals surface area contributed by atoms with E-state index in [4.69, 9.17) is 9.73 Å². The van der Waals surface area contributed by atoms with Gasteiger partial charge in [-0.05, 0) is 64.9 Å². The van der Waals surface area contributed by atoms with E-state index in [1.165, 1.54) is 16.9 Å². The number of carboxylic acid groups (broad SMARTS) is 1. The molecule has 1 aromatic heterocycles. The van der Waals surface area contributed by atoms with Gasteiger partial charge >= 0.3 is 5.97 Å². The van der Waals surface area contributed by atoms with Gasteiger partial charge < -0.3 is 9.84 Å². The summed E-state index contributed by atoms with van der Waals surface area (Å²) in [7, 11) is 1.66. The third-order valence-electron chi connectivity index (χ3n) is 7.96. The van der Waals surface area contributed by atoms with Crippen LogP contribution in [0.3, 0.4) is 0 Å². The Bertz CT molecular complexity index is 2090. The molecule has 0 saturated carbocycles. The summed E-state index contributed by atoms with van der Waals surface area (Å²) >= 11 is 1.39. The highest BCUT2D eigenvalue weighted by molar-refractivity contribution is 7.07. The predicted octanol–water partition coefficient (Wildman–Crippen LogP) is 5.69. The lowest BCUT2D eigenvalue weighted by atomic mass is 9.83. The van der Waals surface area contributed by atoms with Crippen LogP contribution >= 0.6 is 11.3 Å². The minimum atomic E-state index is -0.958. The smallest absolute Gasteiger partial charge is 0.335 e. The van der Waals surface area contributed by atoms with Crippen molar-refractivity contribution in [3.8, 4) is 16.9 Å². The number of para-hydroxylation sites is 1. The van der Waals surface area contributed by atoms with Gasteiger partial charge in [0.1, 0.15) is 5.75 Å². The van der Waals surface area contributed by atoms with Crippen LogP contribution in [0.4, 0.5) is 0 Å². The Labute approximate surface area is 245 Å². The number of hydrogen-bond acceptors (Lipinski definition) is 5. The molecule has 5 aromatic rings. The Kier molecular flexibility index (Phi) is 6.44. The van der Waals surface area contributed by atoms with Crippen LogP contribution in [0.15, 0.2) is 112 Å². The molecule has 1 aliphatic carbocycles. The summed E-state index contributed by atoms with van der Waals surface area (Å²) in [6, 6.07) is 30.6. The zero-order valence-corrected chi connectivity index (χ0v) is 23.6. The number of aryl methyl sites for hydroxylation is 1. The first-order chi connectivity index (χ1) is 20.5. The summed E-state index contributed by atoms with van der Waals surface area (Å²) in [6.07, 6.45) is 3.60. The molecule has 7 heteroatoms. The van der Waals surface area contributed by atoms with Crippen LogP contribution < -0.4 is 19.6 Å². The van der Waals surface area contributed by atoms with Gasteiger partial charge in [0.25, 0.3) is 5.56 Å². The monoisotopic (exact) mass is 570 g/mol. The molecule has 1 atom stereocenters. The molecular formula is C35H26N2O4S. The topological polar surface area (TPSA) is 80.9 Å². The maximum absolute atomic E-state index is 14.1. The van der Waals surface area contributed by atoms with E-state index in [0.29, 0.717) is 9.33 Å². The zero-order chi connectivity index (χ0) is 28.8.